The minimum atomic E-state index is 0.296. The van der Waals surface area contributed by atoms with Crippen molar-refractivity contribution in [3.8, 4) is 0 Å². The van der Waals surface area contributed by atoms with Gasteiger partial charge in [0, 0.05) is 56.0 Å². The lowest BCUT2D eigenvalue weighted by atomic mass is 10.1. The summed E-state index contributed by atoms with van der Waals surface area (Å²) >= 11 is 3.90. The molecule has 4 nitrogen and oxygen atoms in total. The molecule has 0 aromatic heterocycles. The van der Waals surface area contributed by atoms with Gasteiger partial charge in [0.2, 0.25) is 5.91 Å². The number of amides is 1. The zero-order valence-corrected chi connectivity index (χ0v) is 13.2. The van der Waals surface area contributed by atoms with Crippen molar-refractivity contribution in [1.29, 1.82) is 0 Å². The third kappa shape index (κ3) is 4.85. The Balaban J connectivity index is 1.86. The first kappa shape index (κ1) is 15.5. The van der Waals surface area contributed by atoms with Crippen LogP contribution in [0.2, 0.25) is 0 Å². The molecule has 2 atom stereocenters. The summed E-state index contributed by atoms with van der Waals surface area (Å²) < 4.78 is 5.15. The van der Waals surface area contributed by atoms with Crippen LogP contribution < -0.4 is 5.32 Å². The fourth-order valence-electron chi connectivity index (χ4n) is 2.55. The van der Waals surface area contributed by atoms with E-state index >= 15 is 0 Å². The molecule has 2 unspecified atom stereocenters. The van der Waals surface area contributed by atoms with Crippen LogP contribution in [0.1, 0.15) is 12.8 Å². The summed E-state index contributed by atoms with van der Waals surface area (Å²) in [5.74, 6) is 4.78. The highest BCUT2D eigenvalue weighted by Gasteiger charge is 2.28. The molecule has 2 rings (SSSR count). The molecule has 0 saturated carbocycles. The van der Waals surface area contributed by atoms with Crippen LogP contribution in [0.25, 0.3) is 0 Å². The molecule has 1 amide bonds. The van der Waals surface area contributed by atoms with Crippen molar-refractivity contribution in [3.63, 3.8) is 0 Å². The predicted molar refractivity (Wildman–Crippen MR) is 83.1 cm³/mol. The molecule has 6 heteroatoms. The average Bonchev–Trinajstić information content (AvgIpc) is 2.94. The molecular formula is C13H24N2O2S2. The van der Waals surface area contributed by atoms with Gasteiger partial charge in [-0.25, -0.2) is 0 Å². The molecular weight excluding hydrogens is 280 g/mol. The summed E-state index contributed by atoms with van der Waals surface area (Å²) in [5, 5.41) is 3.45. The second kappa shape index (κ2) is 8.39. The van der Waals surface area contributed by atoms with Crippen LogP contribution in [0.3, 0.4) is 0 Å². The van der Waals surface area contributed by atoms with Crippen molar-refractivity contribution in [1.82, 2.24) is 10.2 Å². The fraction of sp³-hybridized carbons (Fsp3) is 0.923. The Morgan fingerprint density at radius 1 is 1.37 bits per heavy atom. The largest absolute Gasteiger partial charge is 0.383 e. The van der Waals surface area contributed by atoms with Crippen molar-refractivity contribution in [2.75, 3.05) is 49.8 Å². The minimum absolute atomic E-state index is 0.296. The average molecular weight is 304 g/mol. The van der Waals surface area contributed by atoms with Crippen molar-refractivity contribution >= 4 is 29.4 Å². The molecule has 2 fully saturated rings. The van der Waals surface area contributed by atoms with Crippen molar-refractivity contribution in [3.05, 3.63) is 0 Å². The zero-order chi connectivity index (χ0) is 13.5. The van der Waals surface area contributed by atoms with E-state index < -0.39 is 0 Å². The van der Waals surface area contributed by atoms with Crippen LogP contribution in [0.15, 0.2) is 0 Å². The molecule has 2 heterocycles. The van der Waals surface area contributed by atoms with Crippen LogP contribution in [0.5, 0.6) is 0 Å². The Kier molecular flexibility index (Phi) is 6.84. The molecule has 110 valence electrons. The molecule has 0 aliphatic carbocycles. The Labute approximate surface area is 124 Å². The van der Waals surface area contributed by atoms with Gasteiger partial charge in [0.15, 0.2) is 0 Å². The quantitative estimate of drug-likeness (QED) is 0.795. The van der Waals surface area contributed by atoms with Gasteiger partial charge < -0.3 is 15.0 Å². The summed E-state index contributed by atoms with van der Waals surface area (Å²) in [6.45, 7) is 2.40. The molecule has 0 aromatic rings. The number of rotatable bonds is 6. The molecule has 1 N–H and O–H groups in total. The number of hydrogen-bond acceptors (Lipinski definition) is 5. The van der Waals surface area contributed by atoms with E-state index in [-0.39, 0.29) is 0 Å². The van der Waals surface area contributed by atoms with Gasteiger partial charge in [-0.15, -0.1) is 0 Å². The first-order valence-corrected chi connectivity index (χ1v) is 9.29. The minimum Gasteiger partial charge on any atom is -0.383 e. The first-order chi connectivity index (χ1) is 9.31. The molecule has 0 radical (unpaired) electrons. The summed E-state index contributed by atoms with van der Waals surface area (Å²) in [7, 11) is 1.70. The standard InChI is InChI=1S/C13H24N2O2S2/c1-17-5-4-15(12-2-6-18-10-12)13(16)8-11-9-19-7-3-14-11/h11-12,14H,2-10H2,1H3. The highest BCUT2D eigenvalue weighted by atomic mass is 32.2. The zero-order valence-electron chi connectivity index (χ0n) is 11.6. The van der Waals surface area contributed by atoms with E-state index in [0.29, 0.717) is 31.0 Å². The maximum atomic E-state index is 12.5. The first-order valence-electron chi connectivity index (χ1n) is 6.98. The van der Waals surface area contributed by atoms with Gasteiger partial charge in [-0.3, -0.25) is 4.79 Å². The maximum absolute atomic E-state index is 12.5. The van der Waals surface area contributed by atoms with E-state index in [9.17, 15) is 4.79 Å². The third-order valence-corrected chi connectivity index (χ3v) is 5.90. The Morgan fingerprint density at radius 2 is 2.21 bits per heavy atom. The number of hydrogen-bond donors (Lipinski definition) is 1. The summed E-state index contributed by atoms with van der Waals surface area (Å²) in [4.78, 5) is 14.6. The topological polar surface area (TPSA) is 41.6 Å². The lowest BCUT2D eigenvalue weighted by Gasteiger charge is -2.31. The van der Waals surface area contributed by atoms with Gasteiger partial charge in [-0.1, -0.05) is 0 Å². The van der Waals surface area contributed by atoms with Gasteiger partial charge in [-0.2, -0.15) is 23.5 Å². The van der Waals surface area contributed by atoms with E-state index in [1.165, 1.54) is 5.75 Å². The third-order valence-electron chi connectivity index (χ3n) is 3.62. The summed E-state index contributed by atoms with van der Waals surface area (Å²) in [5.41, 5.74) is 0. The Bertz CT molecular complexity index is 280. The number of carbonyl (C=O) groups excluding carboxylic acids is 1. The normalized spacial score (nSPS) is 27.4. The summed E-state index contributed by atoms with van der Waals surface area (Å²) in [6, 6.07) is 0.772. The lowest BCUT2D eigenvalue weighted by Crippen LogP contribution is -2.47. The van der Waals surface area contributed by atoms with Gasteiger partial charge >= 0.3 is 0 Å². The maximum Gasteiger partial charge on any atom is 0.224 e. The van der Waals surface area contributed by atoms with E-state index in [4.69, 9.17) is 4.74 Å². The van der Waals surface area contributed by atoms with E-state index in [1.54, 1.807) is 7.11 Å². The number of thioether (sulfide) groups is 2. The van der Waals surface area contributed by atoms with Crippen molar-refractivity contribution in [2.24, 2.45) is 0 Å². The highest BCUT2D eigenvalue weighted by molar-refractivity contribution is 7.99. The second-order valence-electron chi connectivity index (χ2n) is 5.03. The number of ether oxygens (including phenoxy) is 1. The number of nitrogens with one attached hydrogen (secondary N) is 1. The number of nitrogens with zero attached hydrogens (tertiary/aromatic N) is 1. The van der Waals surface area contributed by atoms with Gasteiger partial charge in [0.05, 0.1) is 6.61 Å². The summed E-state index contributed by atoms with van der Waals surface area (Å²) in [6.07, 6.45) is 1.77. The monoisotopic (exact) mass is 304 g/mol. The van der Waals surface area contributed by atoms with Gasteiger partial charge in [0.25, 0.3) is 0 Å². The molecule has 0 aromatic carbocycles. The molecule has 19 heavy (non-hydrogen) atoms. The van der Waals surface area contributed by atoms with E-state index in [0.717, 1.165) is 36.8 Å². The predicted octanol–water partition coefficient (Wildman–Crippen LogP) is 1.06. The van der Waals surface area contributed by atoms with Crippen LogP contribution >= 0.6 is 23.5 Å². The SMILES string of the molecule is COCCN(C(=O)CC1CSCCN1)C1CCSC1. The van der Waals surface area contributed by atoms with Crippen molar-refractivity contribution < 1.29 is 9.53 Å². The van der Waals surface area contributed by atoms with Crippen LogP contribution in [-0.4, -0.2) is 72.7 Å². The highest BCUT2D eigenvalue weighted by Crippen LogP contribution is 2.23. The smallest absolute Gasteiger partial charge is 0.224 e. The Morgan fingerprint density at radius 3 is 2.84 bits per heavy atom. The van der Waals surface area contributed by atoms with Gasteiger partial charge in [-0.05, 0) is 12.2 Å². The van der Waals surface area contributed by atoms with Crippen molar-refractivity contribution in [2.45, 2.75) is 24.9 Å². The Hall–Kier alpha value is 0.0900. The molecule has 0 bridgehead atoms. The number of carbonyl (C=O) groups is 1. The van der Waals surface area contributed by atoms with Crippen LogP contribution in [0.4, 0.5) is 0 Å². The van der Waals surface area contributed by atoms with E-state index in [2.05, 4.69) is 10.2 Å². The van der Waals surface area contributed by atoms with Crippen LogP contribution in [-0.2, 0) is 9.53 Å². The molecule has 0 spiro atoms. The number of methoxy groups -OCH3 is 1. The molecule has 2 aliphatic rings. The molecule has 2 saturated heterocycles. The fourth-order valence-corrected chi connectivity index (χ4v) is 4.72. The lowest BCUT2D eigenvalue weighted by molar-refractivity contribution is -0.134. The van der Waals surface area contributed by atoms with Crippen LogP contribution in [0, 0.1) is 0 Å². The molecule has 2 aliphatic heterocycles. The second-order valence-corrected chi connectivity index (χ2v) is 7.33. The van der Waals surface area contributed by atoms with Gasteiger partial charge in [0.1, 0.15) is 0 Å². The van der Waals surface area contributed by atoms with E-state index in [1.807, 2.05) is 23.5 Å².